The molecule has 108 valence electrons. The lowest BCUT2D eigenvalue weighted by atomic mass is 10.2. The van der Waals surface area contributed by atoms with E-state index in [1.807, 2.05) is 6.92 Å². The van der Waals surface area contributed by atoms with Gasteiger partial charge in [-0.15, -0.1) is 10.2 Å². The maximum Gasteiger partial charge on any atom is 0.269 e. The third-order valence-corrected chi connectivity index (χ3v) is 4.68. The van der Waals surface area contributed by atoms with Crippen LogP contribution in [0.5, 0.6) is 0 Å². The molecule has 0 radical (unpaired) electrons. The van der Waals surface area contributed by atoms with Crippen LogP contribution in [0.25, 0.3) is 0 Å². The van der Waals surface area contributed by atoms with Gasteiger partial charge in [-0.05, 0) is 6.42 Å². The average molecular weight is 308 g/mol. The normalized spacial score (nSPS) is 13.2. The Labute approximate surface area is 115 Å². The number of rotatable bonds is 7. The van der Waals surface area contributed by atoms with E-state index in [4.69, 9.17) is 0 Å². The van der Waals surface area contributed by atoms with Crippen LogP contribution in [0.3, 0.4) is 0 Å². The van der Waals surface area contributed by atoms with Gasteiger partial charge in [0.25, 0.3) is 10.0 Å². The highest BCUT2D eigenvalue weighted by Gasteiger charge is 2.21. The zero-order valence-corrected chi connectivity index (χ0v) is 12.2. The summed E-state index contributed by atoms with van der Waals surface area (Å²) in [6, 6.07) is 0. The van der Waals surface area contributed by atoms with Crippen LogP contribution in [0.4, 0.5) is 5.13 Å². The van der Waals surface area contributed by atoms with Crippen molar-refractivity contribution in [3.8, 4) is 0 Å². The van der Waals surface area contributed by atoms with Gasteiger partial charge >= 0.3 is 0 Å². The highest BCUT2D eigenvalue weighted by molar-refractivity contribution is 7.91. The van der Waals surface area contributed by atoms with E-state index < -0.39 is 16.1 Å². The predicted octanol–water partition coefficient (Wildman–Crippen LogP) is -0.0642. The number of anilines is 1. The number of amides is 1. The number of nitrogens with zero attached hydrogens (tertiary/aromatic N) is 2. The molecule has 0 bridgehead atoms. The molecular formula is C9H16N4O4S2. The van der Waals surface area contributed by atoms with Gasteiger partial charge in [0.15, 0.2) is 0 Å². The number of hydrogen-bond acceptors (Lipinski definition) is 7. The molecule has 1 atom stereocenters. The van der Waals surface area contributed by atoms with Crippen LogP contribution in [0.15, 0.2) is 4.34 Å². The molecule has 3 N–H and O–H groups in total. The first kappa shape index (κ1) is 16.0. The Hall–Kier alpha value is -1.10. The summed E-state index contributed by atoms with van der Waals surface area (Å²) in [6.45, 7) is 3.10. The van der Waals surface area contributed by atoms with E-state index in [1.165, 1.54) is 6.92 Å². The third-order valence-electron chi connectivity index (χ3n) is 2.05. The Morgan fingerprint density at radius 3 is 2.74 bits per heavy atom. The molecule has 0 aliphatic carbocycles. The fourth-order valence-corrected chi connectivity index (χ4v) is 3.28. The molecule has 0 saturated heterocycles. The van der Waals surface area contributed by atoms with Crippen molar-refractivity contribution in [1.29, 1.82) is 0 Å². The zero-order chi connectivity index (χ0) is 14.5. The minimum atomic E-state index is -3.81. The van der Waals surface area contributed by atoms with Crippen molar-refractivity contribution in [2.75, 3.05) is 11.9 Å². The maximum absolute atomic E-state index is 11.8. The standard InChI is InChI=1S/C9H16N4O4S2/c1-3-4-7(15)5-10-19(16,17)9-13-12-8(18-9)11-6(2)14/h7,10,15H,3-5H2,1-2H3,(H,11,12,14). The van der Waals surface area contributed by atoms with Crippen molar-refractivity contribution < 1.29 is 18.3 Å². The van der Waals surface area contributed by atoms with Gasteiger partial charge in [-0.1, -0.05) is 24.7 Å². The van der Waals surface area contributed by atoms with E-state index in [0.717, 1.165) is 17.8 Å². The second kappa shape index (κ2) is 6.89. The summed E-state index contributed by atoms with van der Waals surface area (Å²) in [5.41, 5.74) is 0. The molecule has 1 amide bonds. The first-order chi connectivity index (χ1) is 8.85. The lowest BCUT2D eigenvalue weighted by Crippen LogP contribution is -2.32. The summed E-state index contributed by atoms with van der Waals surface area (Å²) in [7, 11) is -3.81. The largest absolute Gasteiger partial charge is 0.392 e. The van der Waals surface area contributed by atoms with Crippen molar-refractivity contribution in [3.63, 3.8) is 0 Å². The van der Waals surface area contributed by atoms with E-state index >= 15 is 0 Å². The van der Waals surface area contributed by atoms with Gasteiger partial charge in [-0.3, -0.25) is 4.79 Å². The smallest absolute Gasteiger partial charge is 0.269 e. The molecule has 10 heteroatoms. The third kappa shape index (κ3) is 5.19. The Balaban J connectivity index is 2.66. The van der Waals surface area contributed by atoms with E-state index in [0.29, 0.717) is 6.42 Å². The molecule has 0 aromatic carbocycles. The van der Waals surface area contributed by atoms with Gasteiger partial charge in [0.1, 0.15) is 0 Å². The summed E-state index contributed by atoms with van der Waals surface area (Å²) in [5.74, 6) is -0.355. The van der Waals surface area contributed by atoms with Crippen LogP contribution in [0, 0.1) is 0 Å². The second-order valence-electron chi connectivity index (χ2n) is 3.85. The fourth-order valence-electron chi connectivity index (χ4n) is 1.22. The van der Waals surface area contributed by atoms with Crippen LogP contribution >= 0.6 is 11.3 Å². The average Bonchev–Trinajstić information content (AvgIpc) is 2.75. The van der Waals surface area contributed by atoms with Gasteiger partial charge in [0.2, 0.25) is 15.4 Å². The molecule has 0 spiro atoms. The molecule has 0 aliphatic rings. The second-order valence-corrected chi connectivity index (χ2v) is 6.77. The minimum Gasteiger partial charge on any atom is -0.392 e. The number of aromatic nitrogens is 2. The SMILES string of the molecule is CCCC(O)CNS(=O)(=O)c1nnc(NC(C)=O)s1. The van der Waals surface area contributed by atoms with Crippen molar-refractivity contribution in [3.05, 3.63) is 0 Å². The molecule has 1 unspecified atom stereocenters. The highest BCUT2D eigenvalue weighted by Crippen LogP contribution is 2.19. The predicted molar refractivity (Wildman–Crippen MR) is 70.3 cm³/mol. The summed E-state index contributed by atoms with van der Waals surface area (Å²) >= 11 is 0.747. The summed E-state index contributed by atoms with van der Waals surface area (Å²) < 4.78 is 25.6. The van der Waals surface area contributed by atoms with Crippen molar-refractivity contribution >= 4 is 32.4 Å². The fraction of sp³-hybridized carbons (Fsp3) is 0.667. The van der Waals surface area contributed by atoms with Crippen molar-refractivity contribution in [2.45, 2.75) is 37.1 Å². The van der Waals surface area contributed by atoms with Crippen LogP contribution in [0.1, 0.15) is 26.7 Å². The summed E-state index contributed by atoms with van der Waals surface area (Å²) in [6.07, 6.45) is 0.534. The Morgan fingerprint density at radius 2 is 2.16 bits per heavy atom. The quantitative estimate of drug-likeness (QED) is 0.607. The van der Waals surface area contributed by atoms with E-state index in [2.05, 4.69) is 20.2 Å². The van der Waals surface area contributed by atoms with E-state index in [9.17, 15) is 18.3 Å². The van der Waals surface area contributed by atoms with Crippen molar-refractivity contribution in [2.24, 2.45) is 0 Å². The van der Waals surface area contributed by atoms with Crippen LogP contribution in [-0.2, 0) is 14.8 Å². The van der Waals surface area contributed by atoms with Gasteiger partial charge in [-0.25, -0.2) is 13.1 Å². The Morgan fingerprint density at radius 1 is 1.47 bits per heavy atom. The molecular weight excluding hydrogens is 292 g/mol. The number of aliphatic hydroxyl groups excluding tert-OH is 1. The van der Waals surface area contributed by atoms with Crippen molar-refractivity contribution in [1.82, 2.24) is 14.9 Å². The van der Waals surface area contributed by atoms with Gasteiger partial charge in [0, 0.05) is 13.5 Å². The van der Waals surface area contributed by atoms with Gasteiger partial charge in [0.05, 0.1) is 6.10 Å². The number of nitrogens with one attached hydrogen (secondary N) is 2. The molecule has 0 saturated carbocycles. The van der Waals surface area contributed by atoms with E-state index in [1.54, 1.807) is 0 Å². The highest BCUT2D eigenvalue weighted by atomic mass is 32.2. The molecule has 1 heterocycles. The Kier molecular flexibility index (Phi) is 5.79. The molecule has 19 heavy (non-hydrogen) atoms. The first-order valence-corrected chi connectivity index (χ1v) is 7.94. The van der Waals surface area contributed by atoms with Crippen LogP contribution < -0.4 is 10.0 Å². The Bertz CT molecular complexity index is 528. The van der Waals surface area contributed by atoms with Gasteiger partial charge < -0.3 is 10.4 Å². The maximum atomic E-state index is 11.8. The van der Waals surface area contributed by atoms with Crippen LogP contribution in [0.2, 0.25) is 0 Å². The molecule has 1 aromatic rings. The number of carbonyl (C=O) groups excluding carboxylic acids is 1. The first-order valence-electron chi connectivity index (χ1n) is 5.64. The lowest BCUT2D eigenvalue weighted by Gasteiger charge is -2.09. The molecule has 1 aromatic heterocycles. The summed E-state index contributed by atoms with van der Waals surface area (Å²) in [5, 5.41) is 19.0. The monoisotopic (exact) mass is 308 g/mol. The van der Waals surface area contributed by atoms with E-state index in [-0.39, 0.29) is 21.9 Å². The zero-order valence-electron chi connectivity index (χ0n) is 10.6. The number of aliphatic hydroxyl groups is 1. The number of sulfonamides is 1. The topological polar surface area (TPSA) is 121 Å². The molecule has 8 nitrogen and oxygen atoms in total. The number of carbonyl (C=O) groups is 1. The molecule has 1 rings (SSSR count). The molecule has 0 fully saturated rings. The van der Waals surface area contributed by atoms with Gasteiger partial charge in [-0.2, -0.15) is 0 Å². The van der Waals surface area contributed by atoms with Crippen LogP contribution in [-0.4, -0.2) is 42.3 Å². The molecule has 0 aliphatic heterocycles. The number of hydrogen-bond donors (Lipinski definition) is 3. The minimum absolute atomic E-state index is 0.0782. The lowest BCUT2D eigenvalue weighted by molar-refractivity contribution is -0.114. The summed E-state index contributed by atoms with van der Waals surface area (Å²) in [4.78, 5) is 10.8.